The van der Waals surface area contributed by atoms with Crippen molar-refractivity contribution < 1.29 is 9.26 Å². The van der Waals surface area contributed by atoms with E-state index in [1.54, 1.807) is 7.11 Å². The number of nitrogens with two attached hydrogens (primary N) is 1. The van der Waals surface area contributed by atoms with Crippen molar-refractivity contribution in [2.75, 3.05) is 13.7 Å². The van der Waals surface area contributed by atoms with E-state index in [4.69, 9.17) is 15.0 Å². The lowest BCUT2D eigenvalue weighted by Gasteiger charge is -2.22. The molecule has 0 bridgehead atoms. The Bertz CT molecular complexity index is 317. The van der Waals surface area contributed by atoms with E-state index >= 15 is 0 Å². The molecule has 0 amide bonds. The summed E-state index contributed by atoms with van der Waals surface area (Å²) in [5.41, 5.74) is 5.93. The van der Waals surface area contributed by atoms with Gasteiger partial charge in [0.2, 0.25) is 5.89 Å². The van der Waals surface area contributed by atoms with Crippen LogP contribution in [-0.2, 0) is 11.3 Å². The second-order valence-corrected chi connectivity index (χ2v) is 5.18. The maximum absolute atomic E-state index is 5.74. The van der Waals surface area contributed by atoms with Crippen molar-refractivity contribution in [2.24, 2.45) is 11.1 Å². The van der Waals surface area contributed by atoms with Crippen molar-refractivity contribution in [3.8, 4) is 0 Å². The molecule has 92 valence electrons. The lowest BCUT2D eigenvalue weighted by Crippen LogP contribution is -2.19. The van der Waals surface area contributed by atoms with E-state index in [0.717, 1.165) is 6.42 Å². The van der Waals surface area contributed by atoms with Gasteiger partial charge in [-0.15, -0.1) is 0 Å². The third-order valence-electron chi connectivity index (χ3n) is 2.25. The maximum atomic E-state index is 5.74. The highest BCUT2D eigenvalue weighted by Crippen LogP contribution is 2.29. The van der Waals surface area contributed by atoms with Crippen molar-refractivity contribution in [1.29, 1.82) is 0 Å². The number of ether oxygens (including phenoxy) is 1. The Labute approximate surface area is 96.4 Å². The van der Waals surface area contributed by atoms with Gasteiger partial charge in [-0.05, 0) is 11.8 Å². The van der Waals surface area contributed by atoms with Crippen LogP contribution in [0.1, 0.15) is 44.8 Å². The minimum Gasteiger partial charge on any atom is -0.377 e. The van der Waals surface area contributed by atoms with Crippen LogP contribution < -0.4 is 5.73 Å². The van der Waals surface area contributed by atoms with E-state index in [9.17, 15) is 0 Å². The molecule has 0 fully saturated rings. The first kappa shape index (κ1) is 13.1. The first-order valence-corrected chi connectivity index (χ1v) is 5.47. The maximum Gasteiger partial charge on any atom is 0.231 e. The predicted octanol–water partition coefficient (Wildman–Crippen LogP) is 1.69. The van der Waals surface area contributed by atoms with Gasteiger partial charge >= 0.3 is 0 Å². The standard InChI is InChI=1S/C11H21N3O2/c1-11(2,3)5-8(6-12)10-13-9(7-15-4)14-16-10/h8H,5-7,12H2,1-4H3. The quantitative estimate of drug-likeness (QED) is 0.828. The van der Waals surface area contributed by atoms with Crippen LogP contribution in [0, 0.1) is 5.41 Å². The molecule has 2 N–H and O–H groups in total. The molecule has 1 aromatic heterocycles. The summed E-state index contributed by atoms with van der Waals surface area (Å²) in [7, 11) is 1.60. The molecule has 1 rings (SSSR count). The van der Waals surface area contributed by atoms with Crippen LogP contribution in [0.25, 0.3) is 0 Å². The van der Waals surface area contributed by atoms with Gasteiger partial charge < -0.3 is 15.0 Å². The Morgan fingerprint density at radius 2 is 2.12 bits per heavy atom. The molecule has 0 aromatic carbocycles. The highest BCUT2D eigenvalue weighted by Gasteiger charge is 2.23. The van der Waals surface area contributed by atoms with E-state index in [0.29, 0.717) is 24.9 Å². The number of rotatable bonds is 5. The van der Waals surface area contributed by atoms with E-state index in [1.807, 2.05) is 0 Å². The third kappa shape index (κ3) is 3.90. The van der Waals surface area contributed by atoms with Gasteiger partial charge in [-0.25, -0.2) is 0 Å². The van der Waals surface area contributed by atoms with Gasteiger partial charge in [-0.3, -0.25) is 0 Å². The van der Waals surface area contributed by atoms with Crippen LogP contribution in [0.4, 0.5) is 0 Å². The van der Waals surface area contributed by atoms with Crippen LogP contribution in [0.5, 0.6) is 0 Å². The van der Waals surface area contributed by atoms with Crippen molar-refractivity contribution in [3.63, 3.8) is 0 Å². The zero-order valence-corrected chi connectivity index (χ0v) is 10.5. The molecule has 0 saturated carbocycles. The largest absolute Gasteiger partial charge is 0.377 e. The summed E-state index contributed by atoms with van der Waals surface area (Å²) in [6.07, 6.45) is 0.929. The summed E-state index contributed by atoms with van der Waals surface area (Å²) in [5, 5.41) is 3.84. The van der Waals surface area contributed by atoms with Gasteiger partial charge in [0, 0.05) is 13.7 Å². The molecule has 5 heteroatoms. The molecule has 1 aromatic rings. The number of hydrogen-bond donors (Lipinski definition) is 1. The van der Waals surface area contributed by atoms with Crippen LogP contribution in [0.15, 0.2) is 4.52 Å². The average molecular weight is 227 g/mol. The fraction of sp³-hybridized carbons (Fsp3) is 0.818. The second-order valence-electron chi connectivity index (χ2n) is 5.18. The minimum atomic E-state index is 0.123. The van der Waals surface area contributed by atoms with Crippen molar-refractivity contribution >= 4 is 0 Å². The predicted molar refractivity (Wildman–Crippen MR) is 60.9 cm³/mol. The molecule has 0 radical (unpaired) electrons. The fourth-order valence-electron chi connectivity index (χ4n) is 1.63. The zero-order chi connectivity index (χ0) is 12.2. The highest BCUT2D eigenvalue weighted by atomic mass is 16.5. The Morgan fingerprint density at radius 1 is 1.44 bits per heavy atom. The topological polar surface area (TPSA) is 74.2 Å². The van der Waals surface area contributed by atoms with Gasteiger partial charge in [-0.1, -0.05) is 25.9 Å². The average Bonchev–Trinajstić information content (AvgIpc) is 2.62. The van der Waals surface area contributed by atoms with E-state index < -0.39 is 0 Å². The molecule has 0 aliphatic carbocycles. The third-order valence-corrected chi connectivity index (χ3v) is 2.25. The smallest absolute Gasteiger partial charge is 0.231 e. The van der Waals surface area contributed by atoms with Crippen LogP contribution >= 0.6 is 0 Å². The van der Waals surface area contributed by atoms with Crippen molar-refractivity contribution in [1.82, 2.24) is 10.1 Å². The molecule has 16 heavy (non-hydrogen) atoms. The SMILES string of the molecule is COCc1noc(C(CN)CC(C)(C)C)n1. The molecular formula is C11H21N3O2. The molecule has 1 heterocycles. The molecule has 0 aliphatic rings. The highest BCUT2D eigenvalue weighted by molar-refractivity contribution is 4.95. The Hall–Kier alpha value is -0.940. The first-order valence-electron chi connectivity index (χ1n) is 5.47. The molecule has 5 nitrogen and oxygen atoms in total. The Balaban J connectivity index is 2.71. The summed E-state index contributed by atoms with van der Waals surface area (Å²) < 4.78 is 10.1. The molecule has 0 aliphatic heterocycles. The number of aromatic nitrogens is 2. The lowest BCUT2D eigenvalue weighted by molar-refractivity contribution is 0.174. The summed E-state index contributed by atoms with van der Waals surface area (Å²) in [5.74, 6) is 1.31. The molecule has 0 saturated heterocycles. The first-order chi connectivity index (χ1) is 7.46. The fourth-order valence-corrected chi connectivity index (χ4v) is 1.63. The van der Waals surface area contributed by atoms with Gasteiger partial charge in [0.15, 0.2) is 5.82 Å². The van der Waals surface area contributed by atoms with Crippen LogP contribution in [0.3, 0.4) is 0 Å². The van der Waals surface area contributed by atoms with E-state index in [1.165, 1.54) is 0 Å². The normalized spacial score (nSPS) is 14.1. The second kappa shape index (κ2) is 5.41. The number of hydrogen-bond acceptors (Lipinski definition) is 5. The summed E-state index contributed by atoms with van der Waals surface area (Å²) >= 11 is 0. The zero-order valence-electron chi connectivity index (χ0n) is 10.5. The van der Waals surface area contributed by atoms with Gasteiger partial charge in [0.25, 0.3) is 0 Å². The Kier molecular flexibility index (Phi) is 4.44. The lowest BCUT2D eigenvalue weighted by atomic mass is 9.84. The van der Waals surface area contributed by atoms with E-state index in [2.05, 4.69) is 30.9 Å². The summed E-state index contributed by atoms with van der Waals surface area (Å²) in [6, 6.07) is 0. The van der Waals surface area contributed by atoms with E-state index in [-0.39, 0.29) is 11.3 Å². The number of methoxy groups -OCH3 is 1. The van der Waals surface area contributed by atoms with Crippen LogP contribution in [0.2, 0.25) is 0 Å². The molecular weight excluding hydrogens is 206 g/mol. The monoisotopic (exact) mass is 227 g/mol. The minimum absolute atomic E-state index is 0.123. The summed E-state index contributed by atoms with van der Waals surface area (Å²) in [4.78, 5) is 4.27. The molecule has 1 atom stereocenters. The van der Waals surface area contributed by atoms with Crippen molar-refractivity contribution in [3.05, 3.63) is 11.7 Å². The van der Waals surface area contributed by atoms with Crippen molar-refractivity contribution in [2.45, 2.75) is 39.7 Å². The van der Waals surface area contributed by atoms with Crippen LogP contribution in [-0.4, -0.2) is 23.8 Å². The van der Waals surface area contributed by atoms with Gasteiger partial charge in [0.05, 0.1) is 5.92 Å². The van der Waals surface area contributed by atoms with Gasteiger partial charge in [-0.2, -0.15) is 4.98 Å². The molecule has 1 unspecified atom stereocenters. The summed E-state index contributed by atoms with van der Waals surface area (Å²) in [6.45, 7) is 7.40. The number of nitrogens with zero attached hydrogens (tertiary/aromatic N) is 2. The van der Waals surface area contributed by atoms with Gasteiger partial charge in [0.1, 0.15) is 6.61 Å². The Morgan fingerprint density at radius 3 is 2.62 bits per heavy atom. The molecule has 0 spiro atoms.